The Morgan fingerprint density at radius 3 is 1.48 bits per heavy atom. The molecule has 0 heterocycles. The Morgan fingerprint density at radius 2 is 1.12 bits per heavy atom. The summed E-state index contributed by atoms with van der Waals surface area (Å²) in [5.74, 6) is 0.182. The zero-order chi connectivity index (χ0) is 17.6. The van der Waals surface area contributed by atoms with Crippen molar-refractivity contribution in [3.05, 3.63) is 70.8 Å². The van der Waals surface area contributed by atoms with Gasteiger partial charge in [0.1, 0.15) is 0 Å². The molecular weight excluding hydrogens is 308 g/mol. The van der Waals surface area contributed by atoms with Gasteiger partial charge in [0.25, 0.3) is 0 Å². The van der Waals surface area contributed by atoms with Gasteiger partial charge in [-0.1, -0.05) is 24.3 Å². The normalized spacial score (nSPS) is 17.8. The summed E-state index contributed by atoms with van der Waals surface area (Å²) in [5.41, 5.74) is 6.09. The molecular formula is C22H24N2O. The van der Waals surface area contributed by atoms with Crippen LogP contribution in [0.1, 0.15) is 30.4 Å². The number of rotatable bonds is 4. The fourth-order valence-corrected chi connectivity index (χ4v) is 3.07. The van der Waals surface area contributed by atoms with Gasteiger partial charge >= 0.3 is 0 Å². The van der Waals surface area contributed by atoms with E-state index in [0.29, 0.717) is 0 Å². The van der Waals surface area contributed by atoms with E-state index in [4.69, 9.17) is 0 Å². The van der Waals surface area contributed by atoms with Crippen LogP contribution in [0.5, 0.6) is 0 Å². The summed E-state index contributed by atoms with van der Waals surface area (Å²) in [7, 11) is 3.80. The molecule has 0 radical (unpaired) electrons. The van der Waals surface area contributed by atoms with Crippen LogP contribution in [0, 0.1) is 0 Å². The lowest BCUT2D eigenvalue weighted by Gasteiger charge is -2.16. The second kappa shape index (κ2) is 7.84. The zero-order valence-electron chi connectivity index (χ0n) is 14.8. The third kappa shape index (κ3) is 4.18. The third-order valence-electron chi connectivity index (χ3n) is 4.56. The van der Waals surface area contributed by atoms with E-state index in [2.05, 4.69) is 10.6 Å². The molecule has 0 aromatic heterocycles. The second-order valence-electron chi connectivity index (χ2n) is 6.27. The van der Waals surface area contributed by atoms with Crippen molar-refractivity contribution in [2.75, 3.05) is 24.7 Å². The highest BCUT2D eigenvalue weighted by molar-refractivity contribution is 6.13. The van der Waals surface area contributed by atoms with Gasteiger partial charge in [-0.25, -0.2) is 0 Å². The lowest BCUT2D eigenvalue weighted by molar-refractivity contribution is -0.112. The Balaban J connectivity index is 1.81. The molecule has 25 heavy (non-hydrogen) atoms. The molecule has 0 aliphatic heterocycles. The molecule has 1 fully saturated rings. The average Bonchev–Trinajstić information content (AvgIpc) is 2.66. The average molecular weight is 332 g/mol. The molecule has 128 valence electrons. The highest BCUT2D eigenvalue weighted by atomic mass is 16.1. The van der Waals surface area contributed by atoms with E-state index in [1.165, 1.54) is 0 Å². The maximum Gasteiger partial charge on any atom is 0.185 e. The summed E-state index contributed by atoms with van der Waals surface area (Å²) in [6.45, 7) is 0. The molecule has 3 heteroatoms. The van der Waals surface area contributed by atoms with Gasteiger partial charge < -0.3 is 10.6 Å². The van der Waals surface area contributed by atoms with Crippen LogP contribution in [-0.2, 0) is 4.79 Å². The summed E-state index contributed by atoms with van der Waals surface area (Å²) < 4.78 is 0. The number of hydrogen-bond acceptors (Lipinski definition) is 3. The van der Waals surface area contributed by atoms with E-state index in [1.807, 2.05) is 74.8 Å². The molecule has 1 aliphatic rings. The van der Waals surface area contributed by atoms with Crippen molar-refractivity contribution >= 4 is 29.3 Å². The smallest absolute Gasteiger partial charge is 0.185 e. The number of hydrogen-bond donors (Lipinski definition) is 2. The minimum Gasteiger partial charge on any atom is -0.388 e. The fourth-order valence-electron chi connectivity index (χ4n) is 3.07. The van der Waals surface area contributed by atoms with Crippen LogP contribution in [-0.4, -0.2) is 19.9 Å². The van der Waals surface area contributed by atoms with Gasteiger partial charge in [-0.15, -0.1) is 0 Å². The molecule has 0 saturated heterocycles. The van der Waals surface area contributed by atoms with Gasteiger partial charge in [0, 0.05) is 36.6 Å². The number of anilines is 2. The molecule has 0 spiro atoms. The number of carbonyl (C=O) groups is 1. The van der Waals surface area contributed by atoms with Crippen LogP contribution in [0.25, 0.3) is 12.2 Å². The number of benzene rings is 2. The van der Waals surface area contributed by atoms with Crippen molar-refractivity contribution < 1.29 is 4.79 Å². The van der Waals surface area contributed by atoms with Gasteiger partial charge in [0.2, 0.25) is 0 Å². The van der Waals surface area contributed by atoms with E-state index in [9.17, 15) is 4.79 Å². The van der Waals surface area contributed by atoms with Gasteiger partial charge in [-0.3, -0.25) is 4.79 Å². The maximum atomic E-state index is 12.8. The summed E-state index contributed by atoms with van der Waals surface area (Å²) in [5, 5.41) is 6.22. The minimum atomic E-state index is 0.182. The predicted molar refractivity (Wildman–Crippen MR) is 107 cm³/mol. The Morgan fingerprint density at radius 1 is 0.720 bits per heavy atom. The van der Waals surface area contributed by atoms with Crippen LogP contribution in [0.3, 0.4) is 0 Å². The molecule has 0 amide bonds. The first-order chi connectivity index (χ1) is 12.2. The van der Waals surface area contributed by atoms with Crippen molar-refractivity contribution in [1.29, 1.82) is 0 Å². The highest BCUT2D eigenvalue weighted by Crippen LogP contribution is 2.28. The van der Waals surface area contributed by atoms with E-state index in [1.54, 1.807) is 0 Å². The van der Waals surface area contributed by atoms with Crippen molar-refractivity contribution in [1.82, 2.24) is 0 Å². The van der Waals surface area contributed by atoms with Crippen molar-refractivity contribution in [2.24, 2.45) is 0 Å². The van der Waals surface area contributed by atoms with Crippen LogP contribution in [0.4, 0.5) is 11.4 Å². The number of Topliss-reactive ketones (excluding diaryl/α,β-unsaturated/α-hetero) is 1. The lowest BCUT2D eigenvalue weighted by Crippen LogP contribution is -2.12. The maximum absolute atomic E-state index is 12.8. The number of ketones is 1. The van der Waals surface area contributed by atoms with Crippen molar-refractivity contribution in [3.8, 4) is 0 Å². The topological polar surface area (TPSA) is 41.1 Å². The van der Waals surface area contributed by atoms with Crippen LogP contribution in [0.15, 0.2) is 59.7 Å². The molecule has 3 nitrogen and oxygen atoms in total. The molecule has 2 N–H and O–H groups in total. The largest absolute Gasteiger partial charge is 0.388 e. The molecule has 0 unspecified atom stereocenters. The molecule has 1 saturated carbocycles. The predicted octanol–water partition coefficient (Wildman–Crippen LogP) is 4.99. The lowest BCUT2D eigenvalue weighted by atomic mass is 9.87. The quantitative estimate of drug-likeness (QED) is 0.775. The molecule has 0 bridgehead atoms. The zero-order valence-corrected chi connectivity index (χ0v) is 14.8. The molecule has 3 rings (SSSR count). The van der Waals surface area contributed by atoms with Gasteiger partial charge in [0.05, 0.1) is 0 Å². The van der Waals surface area contributed by atoms with Crippen LogP contribution in [0.2, 0.25) is 0 Å². The first-order valence-electron chi connectivity index (χ1n) is 8.71. The summed E-state index contributed by atoms with van der Waals surface area (Å²) in [6, 6.07) is 16.3. The first kappa shape index (κ1) is 17.0. The number of nitrogens with one attached hydrogen (secondary N) is 2. The third-order valence-corrected chi connectivity index (χ3v) is 4.56. The second-order valence-corrected chi connectivity index (χ2v) is 6.27. The molecule has 1 aliphatic carbocycles. The fraction of sp³-hybridized carbons (Fsp3) is 0.227. The summed E-state index contributed by atoms with van der Waals surface area (Å²) in [6.07, 6.45) is 6.77. The van der Waals surface area contributed by atoms with Crippen molar-refractivity contribution in [3.63, 3.8) is 0 Å². The standard InChI is InChI=1S/C22H24N2O/c1-23-20-10-6-16(7-11-20)14-18-4-3-5-19(22(18)25)15-17-8-12-21(24-2)13-9-17/h6-15,23-24H,3-5H2,1-2H3. The Kier molecular flexibility index (Phi) is 5.34. The Labute approximate surface area is 149 Å². The van der Waals surface area contributed by atoms with Gasteiger partial charge in [-0.2, -0.15) is 0 Å². The van der Waals surface area contributed by atoms with E-state index in [0.717, 1.165) is 52.9 Å². The Bertz CT molecular complexity index is 731. The Hall–Kier alpha value is -2.81. The van der Waals surface area contributed by atoms with E-state index in [-0.39, 0.29) is 5.78 Å². The molecule has 2 aromatic rings. The summed E-state index contributed by atoms with van der Waals surface area (Å²) in [4.78, 5) is 12.8. The van der Waals surface area contributed by atoms with Crippen LogP contribution >= 0.6 is 0 Å². The first-order valence-corrected chi connectivity index (χ1v) is 8.71. The van der Waals surface area contributed by atoms with Gasteiger partial charge in [0.15, 0.2) is 5.78 Å². The van der Waals surface area contributed by atoms with E-state index >= 15 is 0 Å². The molecule has 2 aromatic carbocycles. The monoisotopic (exact) mass is 332 g/mol. The van der Waals surface area contributed by atoms with Crippen molar-refractivity contribution in [2.45, 2.75) is 19.3 Å². The number of allylic oxidation sites excluding steroid dienone is 2. The minimum absolute atomic E-state index is 0.182. The van der Waals surface area contributed by atoms with E-state index < -0.39 is 0 Å². The highest BCUT2D eigenvalue weighted by Gasteiger charge is 2.20. The number of carbonyl (C=O) groups excluding carboxylic acids is 1. The van der Waals surface area contributed by atoms with Crippen LogP contribution < -0.4 is 10.6 Å². The summed E-state index contributed by atoms with van der Waals surface area (Å²) >= 11 is 0. The van der Waals surface area contributed by atoms with Gasteiger partial charge in [-0.05, 0) is 66.8 Å². The molecule has 0 atom stereocenters. The SMILES string of the molecule is CNc1ccc(C=C2CCCC(=Cc3ccc(NC)cc3)C2=O)cc1.